The quantitative estimate of drug-likeness (QED) is 0.300. The Hall–Kier alpha value is -2.34. The standard InChI is InChI=1S/C12H9N.C10H6BrCl/c1-9-2-4-12-7-10(8-13)3-5-11(12)6-9;11-9-3-1-8-6-10(12)4-2-7(8)5-9/h2-7H,1H3;1-6H. The highest BCUT2D eigenvalue weighted by molar-refractivity contribution is 9.10. The Bertz CT molecular complexity index is 1050. The van der Waals surface area contributed by atoms with Crippen molar-refractivity contribution in [2.75, 3.05) is 0 Å². The minimum absolute atomic E-state index is 0.719. The van der Waals surface area contributed by atoms with E-state index in [1.165, 1.54) is 21.7 Å². The van der Waals surface area contributed by atoms with Crippen LogP contribution in [-0.2, 0) is 0 Å². The van der Waals surface area contributed by atoms with Crippen molar-refractivity contribution in [2.24, 2.45) is 0 Å². The third-order valence-corrected chi connectivity index (χ3v) is 4.62. The molecule has 0 aromatic heterocycles. The SMILES string of the molecule is Cc1ccc2cc(C#N)ccc2c1.Clc1ccc2cc(Br)ccc2c1. The Kier molecular flexibility index (Phi) is 5.38. The molecule has 4 aromatic carbocycles. The number of aryl methyl sites for hydroxylation is 1. The summed E-state index contributed by atoms with van der Waals surface area (Å²) in [5, 5.41) is 14.2. The van der Waals surface area contributed by atoms with E-state index in [9.17, 15) is 0 Å². The molecule has 122 valence electrons. The van der Waals surface area contributed by atoms with E-state index in [2.05, 4.69) is 47.1 Å². The molecule has 4 rings (SSSR count). The molecule has 0 spiro atoms. The molecule has 25 heavy (non-hydrogen) atoms. The Balaban J connectivity index is 0.000000146. The molecule has 0 amide bonds. The van der Waals surface area contributed by atoms with Crippen molar-refractivity contribution >= 4 is 49.1 Å². The lowest BCUT2D eigenvalue weighted by molar-refractivity contribution is 1.48. The van der Waals surface area contributed by atoms with Crippen LogP contribution >= 0.6 is 27.5 Å². The highest BCUT2D eigenvalue weighted by atomic mass is 79.9. The Morgan fingerprint density at radius 1 is 0.760 bits per heavy atom. The van der Waals surface area contributed by atoms with Crippen molar-refractivity contribution in [1.29, 1.82) is 5.26 Å². The molecule has 0 aliphatic heterocycles. The molecule has 0 saturated carbocycles. The first-order chi connectivity index (χ1) is 12.0. The molecule has 0 heterocycles. The first-order valence-corrected chi connectivity index (χ1v) is 8.97. The zero-order valence-corrected chi connectivity index (χ0v) is 16.0. The first kappa shape index (κ1) is 17.5. The van der Waals surface area contributed by atoms with Crippen molar-refractivity contribution in [2.45, 2.75) is 6.92 Å². The van der Waals surface area contributed by atoms with Crippen molar-refractivity contribution in [3.05, 3.63) is 93.4 Å². The maximum atomic E-state index is 8.70. The smallest absolute Gasteiger partial charge is 0.0991 e. The van der Waals surface area contributed by atoms with E-state index in [4.69, 9.17) is 16.9 Å². The lowest BCUT2D eigenvalue weighted by atomic mass is 10.1. The van der Waals surface area contributed by atoms with Crippen LogP contribution in [-0.4, -0.2) is 0 Å². The molecule has 0 atom stereocenters. The van der Waals surface area contributed by atoms with Gasteiger partial charge in [-0.15, -0.1) is 0 Å². The molecule has 0 fully saturated rings. The van der Waals surface area contributed by atoms with Crippen LogP contribution in [0.15, 0.2) is 77.3 Å². The minimum Gasteiger partial charge on any atom is -0.192 e. The second-order valence-corrected chi connectivity index (χ2v) is 7.17. The summed E-state index contributed by atoms with van der Waals surface area (Å²) >= 11 is 9.26. The van der Waals surface area contributed by atoms with E-state index in [1.54, 1.807) is 0 Å². The van der Waals surface area contributed by atoms with Gasteiger partial charge < -0.3 is 0 Å². The molecule has 1 nitrogen and oxygen atoms in total. The first-order valence-electron chi connectivity index (χ1n) is 7.80. The summed E-state index contributed by atoms with van der Waals surface area (Å²) in [4.78, 5) is 0. The predicted octanol–water partition coefficient (Wildman–Crippen LogP) is 7.28. The molecular formula is C22H15BrClN. The van der Waals surface area contributed by atoms with Crippen LogP contribution in [0.4, 0.5) is 0 Å². The summed E-state index contributed by atoms with van der Waals surface area (Å²) in [6, 6.07) is 26.1. The third-order valence-electron chi connectivity index (χ3n) is 3.89. The molecule has 0 aliphatic rings. The normalized spacial score (nSPS) is 10.2. The van der Waals surface area contributed by atoms with Crippen molar-refractivity contribution in [1.82, 2.24) is 0 Å². The third kappa shape index (κ3) is 4.39. The van der Waals surface area contributed by atoms with Gasteiger partial charge in [0.05, 0.1) is 11.6 Å². The maximum Gasteiger partial charge on any atom is 0.0991 e. The molecule has 0 saturated heterocycles. The van der Waals surface area contributed by atoms with Gasteiger partial charge >= 0.3 is 0 Å². The Morgan fingerprint density at radius 3 is 2.16 bits per heavy atom. The summed E-state index contributed by atoms with van der Waals surface area (Å²) in [7, 11) is 0. The molecule has 0 aliphatic carbocycles. The van der Waals surface area contributed by atoms with Gasteiger partial charge in [-0.2, -0.15) is 5.26 Å². The van der Waals surface area contributed by atoms with Crippen molar-refractivity contribution in [3.8, 4) is 6.07 Å². The average molecular weight is 409 g/mol. The zero-order valence-electron chi connectivity index (χ0n) is 13.6. The van der Waals surface area contributed by atoms with Crippen molar-refractivity contribution < 1.29 is 0 Å². The number of fused-ring (bicyclic) bond motifs is 2. The number of rotatable bonds is 0. The average Bonchev–Trinajstić information content (AvgIpc) is 2.62. The monoisotopic (exact) mass is 407 g/mol. The van der Waals surface area contributed by atoms with E-state index in [-0.39, 0.29) is 0 Å². The van der Waals surface area contributed by atoms with Crippen LogP contribution in [0.5, 0.6) is 0 Å². The molecular weight excluding hydrogens is 394 g/mol. The summed E-state index contributed by atoms with van der Waals surface area (Å²) in [6.07, 6.45) is 0. The van der Waals surface area contributed by atoms with Gasteiger partial charge in [0.15, 0.2) is 0 Å². The molecule has 0 N–H and O–H groups in total. The highest BCUT2D eigenvalue weighted by Gasteiger charge is 1.95. The highest BCUT2D eigenvalue weighted by Crippen LogP contribution is 2.22. The topological polar surface area (TPSA) is 23.8 Å². The summed E-state index contributed by atoms with van der Waals surface area (Å²) < 4.78 is 1.09. The van der Waals surface area contributed by atoms with Crippen LogP contribution in [0.3, 0.4) is 0 Å². The largest absolute Gasteiger partial charge is 0.192 e. The number of nitriles is 1. The van der Waals surface area contributed by atoms with Gasteiger partial charge in [0.2, 0.25) is 0 Å². The van der Waals surface area contributed by atoms with Gasteiger partial charge in [0, 0.05) is 9.50 Å². The molecule has 4 aromatic rings. The van der Waals surface area contributed by atoms with Crippen LogP contribution in [0.1, 0.15) is 11.1 Å². The van der Waals surface area contributed by atoms with E-state index < -0.39 is 0 Å². The number of hydrogen-bond acceptors (Lipinski definition) is 1. The van der Waals surface area contributed by atoms with E-state index in [0.717, 1.165) is 20.4 Å². The summed E-state index contributed by atoms with van der Waals surface area (Å²) in [6.45, 7) is 2.07. The van der Waals surface area contributed by atoms with E-state index in [0.29, 0.717) is 0 Å². The van der Waals surface area contributed by atoms with Crippen molar-refractivity contribution in [3.63, 3.8) is 0 Å². The molecule has 0 unspecified atom stereocenters. The lowest BCUT2D eigenvalue weighted by Crippen LogP contribution is -1.77. The zero-order chi connectivity index (χ0) is 17.8. The number of halogens is 2. The predicted molar refractivity (Wildman–Crippen MR) is 110 cm³/mol. The van der Waals surface area contributed by atoms with Gasteiger partial charge in [-0.1, -0.05) is 69.5 Å². The van der Waals surface area contributed by atoms with E-state index >= 15 is 0 Å². The lowest BCUT2D eigenvalue weighted by Gasteiger charge is -1.98. The molecule has 0 bridgehead atoms. The number of benzene rings is 4. The summed E-state index contributed by atoms with van der Waals surface area (Å²) in [5.41, 5.74) is 1.97. The second-order valence-electron chi connectivity index (χ2n) is 5.81. The van der Waals surface area contributed by atoms with Crippen LogP contribution in [0.25, 0.3) is 21.5 Å². The fourth-order valence-corrected chi connectivity index (χ4v) is 3.18. The van der Waals surface area contributed by atoms with Crippen LogP contribution in [0, 0.1) is 18.3 Å². The van der Waals surface area contributed by atoms with Gasteiger partial charge in [0.25, 0.3) is 0 Å². The van der Waals surface area contributed by atoms with Gasteiger partial charge in [0.1, 0.15) is 0 Å². The van der Waals surface area contributed by atoms with Crippen LogP contribution < -0.4 is 0 Å². The summed E-state index contributed by atoms with van der Waals surface area (Å²) in [5.74, 6) is 0. The fourth-order valence-electron chi connectivity index (χ4n) is 2.62. The number of hydrogen-bond donors (Lipinski definition) is 0. The molecule has 3 heteroatoms. The van der Waals surface area contributed by atoms with E-state index in [1.807, 2.05) is 54.6 Å². The van der Waals surface area contributed by atoms with Gasteiger partial charge in [-0.3, -0.25) is 0 Å². The maximum absolute atomic E-state index is 8.70. The fraction of sp³-hybridized carbons (Fsp3) is 0.0455. The van der Waals surface area contributed by atoms with Gasteiger partial charge in [-0.05, 0) is 64.9 Å². The molecule has 0 radical (unpaired) electrons. The Labute approximate surface area is 160 Å². The Morgan fingerprint density at radius 2 is 1.36 bits per heavy atom. The van der Waals surface area contributed by atoms with Crippen LogP contribution in [0.2, 0.25) is 5.02 Å². The minimum atomic E-state index is 0.719. The van der Waals surface area contributed by atoms with Gasteiger partial charge in [-0.25, -0.2) is 0 Å². The number of nitrogens with zero attached hydrogens (tertiary/aromatic N) is 1. The second kappa shape index (κ2) is 7.70.